The average molecular weight is 218 g/mol. The third kappa shape index (κ3) is 11.3. The number of carbonyl (C=O) groups excluding carboxylic acids is 1. The van der Waals surface area contributed by atoms with E-state index in [4.69, 9.17) is 14.2 Å². The van der Waals surface area contributed by atoms with Crippen molar-refractivity contribution in [2.45, 2.75) is 33.1 Å². The second-order valence-corrected chi connectivity index (χ2v) is 3.13. The first kappa shape index (κ1) is 14.4. The molecule has 0 aromatic heterocycles. The summed E-state index contributed by atoms with van der Waals surface area (Å²) in [5.41, 5.74) is 0. The summed E-state index contributed by atoms with van der Waals surface area (Å²) >= 11 is 0. The van der Waals surface area contributed by atoms with Crippen LogP contribution in [-0.4, -0.2) is 39.0 Å². The maximum atomic E-state index is 10.6. The average Bonchev–Trinajstić information content (AvgIpc) is 2.30. The molecule has 15 heavy (non-hydrogen) atoms. The number of carbonyl (C=O) groups is 1. The minimum atomic E-state index is -0.0700. The Morgan fingerprint density at radius 2 is 1.67 bits per heavy atom. The molecule has 0 atom stereocenters. The van der Waals surface area contributed by atoms with Crippen LogP contribution in [0.5, 0.6) is 0 Å². The number of hydrogen-bond donors (Lipinski definition) is 0. The van der Waals surface area contributed by atoms with Gasteiger partial charge in [-0.3, -0.25) is 4.79 Å². The molecule has 0 amide bonds. The molecule has 0 N–H and O–H groups in total. The normalized spacial score (nSPS) is 15.1. The van der Waals surface area contributed by atoms with Crippen LogP contribution in [0.3, 0.4) is 0 Å². The summed E-state index contributed by atoms with van der Waals surface area (Å²) in [7, 11) is 0. The zero-order valence-corrected chi connectivity index (χ0v) is 9.79. The van der Waals surface area contributed by atoms with Crippen LogP contribution in [0.1, 0.15) is 33.1 Å². The first-order valence-electron chi connectivity index (χ1n) is 5.62. The van der Waals surface area contributed by atoms with Gasteiger partial charge in [0.15, 0.2) is 0 Å². The molecule has 0 bridgehead atoms. The fourth-order valence-corrected chi connectivity index (χ4v) is 0.994. The van der Waals surface area contributed by atoms with Crippen LogP contribution in [0.4, 0.5) is 0 Å². The summed E-state index contributed by atoms with van der Waals surface area (Å²) in [6.07, 6.45) is 2.57. The van der Waals surface area contributed by atoms with Crippen LogP contribution >= 0.6 is 0 Å². The van der Waals surface area contributed by atoms with Gasteiger partial charge in [0.1, 0.15) is 0 Å². The first-order valence-corrected chi connectivity index (χ1v) is 5.62. The molecule has 1 rings (SSSR count). The number of hydrogen-bond acceptors (Lipinski definition) is 4. The SMILES string of the molecule is C1COCCO1.CCCCC(=O)OCC. The maximum absolute atomic E-state index is 10.6. The van der Waals surface area contributed by atoms with Gasteiger partial charge in [-0.2, -0.15) is 0 Å². The molecule has 0 unspecified atom stereocenters. The van der Waals surface area contributed by atoms with Crippen molar-refractivity contribution in [1.29, 1.82) is 0 Å². The van der Waals surface area contributed by atoms with Gasteiger partial charge in [-0.1, -0.05) is 13.3 Å². The monoisotopic (exact) mass is 218 g/mol. The van der Waals surface area contributed by atoms with Crippen LogP contribution < -0.4 is 0 Å². The van der Waals surface area contributed by atoms with E-state index in [2.05, 4.69) is 6.92 Å². The van der Waals surface area contributed by atoms with E-state index >= 15 is 0 Å². The zero-order chi connectivity index (χ0) is 11.4. The molecule has 90 valence electrons. The Hall–Kier alpha value is -0.610. The highest BCUT2D eigenvalue weighted by Crippen LogP contribution is 1.95. The lowest BCUT2D eigenvalue weighted by Crippen LogP contribution is -2.16. The molecule has 0 radical (unpaired) electrons. The molecular formula is C11H22O4. The van der Waals surface area contributed by atoms with Gasteiger partial charge in [0, 0.05) is 6.42 Å². The van der Waals surface area contributed by atoms with Crippen molar-refractivity contribution in [2.24, 2.45) is 0 Å². The lowest BCUT2D eigenvalue weighted by atomic mass is 10.3. The van der Waals surface area contributed by atoms with Crippen LogP contribution in [0, 0.1) is 0 Å². The van der Waals surface area contributed by atoms with Gasteiger partial charge in [0.2, 0.25) is 0 Å². The summed E-state index contributed by atoms with van der Waals surface area (Å²) in [5.74, 6) is -0.0700. The number of ether oxygens (including phenoxy) is 3. The molecule has 1 saturated heterocycles. The Labute approximate surface area is 91.9 Å². The van der Waals surface area contributed by atoms with Gasteiger partial charge in [-0.15, -0.1) is 0 Å². The van der Waals surface area contributed by atoms with Crippen molar-refractivity contribution in [2.75, 3.05) is 33.0 Å². The largest absolute Gasteiger partial charge is 0.466 e. The van der Waals surface area contributed by atoms with Crippen LogP contribution in [0.25, 0.3) is 0 Å². The van der Waals surface area contributed by atoms with Crippen LogP contribution in [0.2, 0.25) is 0 Å². The standard InChI is InChI=1S/C7H14O2.C4H8O2/c1-3-5-6-7(8)9-4-2;1-2-6-4-3-5-1/h3-6H2,1-2H3;1-4H2. The quantitative estimate of drug-likeness (QED) is 0.675. The second-order valence-electron chi connectivity index (χ2n) is 3.13. The topological polar surface area (TPSA) is 44.8 Å². The Morgan fingerprint density at radius 1 is 1.13 bits per heavy atom. The summed E-state index contributed by atoms with van der Waals surface area (Å²) in [6, 6.07) is 0. The minimum absolute atomic E-state index is 0.0700. The highest BCUT2D eigenvalue weighted by molar-refractivity contribution is 5.69. The van der Waals surface area contributed by atoms with E-state index in [0.29, 0.717) is 13.0 Å². The van der Waals surface area contributed by atoms with Crippen molar-refractivity contribution in [3.8, 4) is 0 Å². The molecule has 0 aromatic carbocycles. The molecule has 0 spiro atoms. The Kier molecular flexibility index (Phi) is 11.0. The van der Waals surface area contributed by atoms with Crippen molar-refractivity contribution in [1.82, 2.24) is 0 Å². The molecule has 4 nitrogen and oxygen atoms in total. The predicted octanol–water partition coefficient (Wildman–Crippen LogP) is 1.77. The smallest absolute Gasteiger partial charge is 0.305 e. The molecule has 1 aliphatic rings. The molecule has 1 heterocycles. The molecule has 0 aromatic rings. The summed E-state index contributed by atoms with van der Waals surface area (Å²) in [5, 5.41) is 0. The van der Waals surface area contributed by atoms with Gasteiger partial charge in [-0.05, 0) is 13.3 Å². The lowest BCUT2D eigenvalue weighted by Gasteiger charge is -2.09. The van der Waals surface area contributed by atoms with Gasteiger partial charge in [0.25, 0.3) is 0 Å². The van der Waals surface area contributed by atoms with Crippen molar-refractivity contribution in [3.63, 3.8) is 0 Å². The van der Waals surface area contributed by atoms with Crippen molar-refractivity contribution in [3.05, 3.63) is 0 Å². The van der Waals surface area contributed by atoms with E-state index < -0.39 is 0 Å². The Bertz CT molecular complexity index is 132. The molecule has 0 saturated carbocycles. The second kappa shape index (κ2) is 11.5. The summed E-state index contributed by atoms with van der Waals surface area (Å²) < 4.78 is 14.6. The van der Waals surface area contributed by atoms with E-state index in [1.54, 1.807) is 0 Å². The van der Waals surface area contributed by atoms with E-state index in [1.165, 1.54) is 0 Å². The van der Waals surface area contributed by atoms with E-state index in [0.717, 1.165) is 39.3 Å². The van der Waals surface area contributed by atoms with Gasteiger partial charge < -0.3 is 14.2 Å². The molecular weight excluding hydrogens is 196 g/mol. The highest BCUT2D eigenvalue weighted by atomic mass is 16.6. The predicted molar refractivity (Wildman–Crippen MR) is 57.8 cm³/mol. The fourth-order valence-electron chi connectivity index (χ4n) is 0.994. The van der Waals surface area contributed by atoms with Gasteiger partial charge >= 0.3 is 5.97 Å². The van der Waals surface area contributed by atoms with Gasteiger partial charge in [-0.25, -0.2) is 0 Å². The summed E-state index contributed by atoms with van der Waals surface area (Å²) in [6.45, 7) is 7.49. The molecule has 1 fully saturated rings. The van der Waals surface area contributed by atoms with Crippen LogP contribution in [-0.2, 0) is 19.0 Å². The Morgan fingerprint density at radius 3 is 2.00 bits per heavy atom. The van der Waals surface area contributed by atoms with E-state index in [1.807, 2.05) is 6.92 Å². The van der Waals surface area contributed by atoms with Gasteiger partial charge in [0.05, 0.1) is 33.0 Å². The van der Waals surface area contributed by atoms with E-state index in [9.17, 15) is 4.79 Å². The lowest BCUT2D eigenvalue weighted by molar-refractivity contribution is -0.143. The minimum Gasteiger partial charge on any atom is -0.466 e. The third-order valence-corrected chi connectivity index (χ3v) is 1.78. The van der Waals surface area contributed by atoms with Crippen LogP contribution in [0.15, 0.2) is 0 Å². The third-order valence-electron chi connectivity index (χ3n) is 1.78. The van der Waals surface area contributed by atoms with Crippen molar-refractivity contribution < 1.29 is 19.0 Å². The molecule has 1 aliphatic heterocycles. The molecule has 4 heteroatoms. The molecule has 0 aliphatic carbocycles. The first-order chi connectivity index (χ1) is 7.31. The fraction of sp³-hybridized carbons (Fsp3) is 0.909. The maximum Gasteiger partial charge on any atom is 0.305 e. The van der Waals surface area contributed by atoms with Crippen molar-refractivity contribution >= 4 is 5.97 Å². The zero-order valence-electron chi connectivity index (χ0n) is 9.79. The Balaban J connectivity index is 0.000000280. The van der Waals surface area contributed by atoms with E-state index in [-0.39, 0.29) is 5.97 Å². The number of rotatable bonds is 4. The number of esters is 1. The highest BCUT2D eigenvalue weighted by Gasteiger charge is 1.97. The number of unbranched alkanes of at least 4 members (excludes halogenated alkanes) is 1. The summed E-state index contributed by atoms with van der Waals surface area (Å²) in [4.78, 5) is 10.6.